The van der Waals surface area contributed by atoms with Crippen LogP contribution in [0.15, 0.2) is 48.7 Å². The van der Waals surface area contributed by atoms with Crippen LogP contribution in [0.25, 0.3) is 0 Å². The highest BCUT2D eigenvalue weighted by Gasteiger charge is 2.31. The summed E-state index contributed by atoms with van der Waals surface area (Å²) in [5.41, 5.74) is 0.648. The first-order valence-electron chi connectivity index (χ1n) is 5.36. The molecule has 1 aliphatic rings. The largest absolute Gasteiger partial charge is 0.474 e. The molecule has 0 bridgehead atoms. The minimum atomic E-state index is -1.04. The Labute approximate surface area is 98.5 Å². The van der Waals surface area contributed by atoms with Crippen molar-refractivity contribution < 1.29 is 14.6 Å². The van der Waals surface area contributed by atoms with E-state index in [9.17, 15) is 5.11 Å². The fourth-order valence-electron chi connectivity index (χ4n) is 1.78. The molecule has 1 aliphatic heterocycles. The second kappa shape index (κ2) is 4.07. The number of pyridine rings is 1. The molecule has 86 valence electrons. The first-order chi connectivity index (χ1) is 8.34. The van der Waals surface area contributed by atoms with Crippen molar-refractivity contribution in [3.05, 3.63) is 54.4 Å². The molecular weight excluding hydrogens is 218 g/mol. The molecule has 1 aromatic carbocycles. The highest BCUT2D eigenvalue weighted by atomic mass is 16.7. The third-order valence-corrected chi connectivity index (χ3v) is 2.59. The number of rotatable bonds is 1. The van der Waals surface area contributed by atoms with Crippen LogP contribution in [0.5, 0.6) is 11.5 Å². The number of ether oxygens (including phenoxy) is 2. The van der Waals surface area contributed by atoms with Crippen molar-refractivity contribution in [1.82, 2.24) is 4.98 Å². The second-order valence-corrected chi connectivity index (χ2v) is 3.75. The SMILES string of the molecule is OC1Oc2ccccc2OC1c1ccccn1. The van der Waals surface area contributed by atoms with Gasteiger partial charge in [0, 0.05) is 6.20 Å². The summed E-state index contributed by atoms with van der Waals surface area (Å²) in [6.07, 6.45) is 0.0252. The van der Waals surface area contributed by atoms with Gasteiger partial charge in [-0.3, -0.25) is 4.98 Å². The Morgan fingerprint density at radius 1 is 0.941 bits per heavy atom. The van der Waals surface area contributed by atoms with Gasteiger partial charge in [0.1, 0.15) is 0 Å². The van der Waals surface area contributed by atoms with E-state index in [1.54, 1.807) is 24.4 Å². The standard InChI is InChI=1S/C13H11NO3/c15-13-12(9-5-3-4-8-14-9)16-10-6-1-2-7-11(10)17-13/h1-8,12-13,15H. The molecule has 0 aliphatic carbocycles. The quantitative estimate of drug-likeness (QED) is 0.811. The zero-order valence-electron chi connectivity index (χ0n) is 8.98. The maximum Gasteiger partial charge on any atom is 0.240 e. The highest BCUT2D eigenvalue weighted by molar-refractivity contribution is 5.41. The molecule has 17 heavy (non-hydrogen) atoms. The van der Waals surface area contributed by atoms with E-state index >= 15 is 0 Å². The first kappa shape index (κ1) is 10.1. The van der Waals surface area contributed by atoms with Crippen molar-refractivity contribution >= 4 is 0 Å². The minimum Gasteiger partial charge on any atom is -0.474 e. The average molecular weight is 229 g/mol. The Kier molecular flexibility index (Phi) is 2.42. The number of aromatic nitrogens is 1. The number of aliphatic hydroxyl groups excluding tert-OH is 1. The Hall–Kier alpha value is -2.07. The van der Waals surface area contributed by atoms with Crippen LogP contribution >= 0.6 is 0 Å². The third-order valence-electron chi connectivity index (χ3n) is 2.59. The van der Waals surface area contributed by atoms with E-state index in [0.717, 1.165) is 0 Å². The van der Waals surface area contributed by atoms with Crippen LogP contribution in [-0.4, -0.2) is 16.4 Å². The van der Waals surface area contributed by atoms with E-state index in [1.807, 2.05) is 24.3 Å². The van der Waals surface area contributed by atoms with Gasteiger partial charge in [-0.2, -0.15) is 0 Å². The Morgan fingerprint density at radius 2 is 1.65 bits per heavy atom. The van der Waals surface area contributed by atoms with E-state index in [4.69, 9.17) is 9.47 Å². The molecule has 0 saturated carbocycles. The molecular formula is C13H11NO3. The molecule has 0 amide bonds. The maximum absolute atomic E-state index is 9.88. The summed E-state index contributed by atoms with van der Waals surface area (Å²) < 4.78 is 11.1. The van der Waals surface area contributed by atoms with Crippen LogP contribution in [0.2, 0.25) is 0 Å². The molecule has 4 heteroatoms. The van der Waals surface area contributed by atoms with E-state index in [-0.39, 0.29) is 0 Å². The van der Waals surface area contributed by atoms with Crippen molar-refractivity contribution in [2.24, 2.45) is 0 Å². The average Bonchev–Trinajstić information content (AvgIpc) is 2.39. The lowest BCUT2D eigenvalue weighted by molar-refractivity contribution is -0.117. The summed E-state index contributed by atoms with van der Waals surface area (Å²) >= 11 is 0. The van der Waals surface area contributed by atoms with Crippen molar-refractivity contribution in [2.45, 2.75) is 12.4 Å². The van der Waals surface area contributed by atoms with Gasteiger partial charge in [-0.15, -0.1) is 0 Å². The molecule has 1 N–H and O–H groups in total. The summed E-state index contributed by atoms with van der Waals surface area (Å²) in [4.78, 5) is 4.16. The molecule has 1 aromatic heterocycles. The number of nitrogens with zero attached hydrogens (tertiary/aromatic N) is 1. The number of para-hydroxylation sites is 2. The van der Waals surface area contributed by atoms with Crippen molar-refractivity contribution in [1.29, 1.82) is 0 Å². The molecule has 2 aromatic rings. The van der Waals surface area contributed by atoms with E-state index in [1.165, 1.54) is 0 Å². The predicted octanol–water partition coefficient (Wildman–Crippen LogP) is 1.91. The summed E-state index contributed by atoms with van der Waals surface area (Å²) in [7, 11) is 0. The molecule has 0 spiro atoms. The lowest BCUT2D eigenvalue weighted by atomic mass is 10.2. The smallest absolute Gasteiger partial charge is 0.240 e. The van der Waals surface area contributed by atoms with Gasteiger partial charge < -0.3 is 14.6 Å². The number of fused-ring (bicyclic) bond motifs is 1. The van der Waals surface area contributed by atoms with Gasteiger partial charge in [0.2, 0.25) is 12.4 Å². The van der Waals surface area contributed by atoms with Crippen LogP contribution < -0.4 is 9.47 Å². The highest BCUT2D eigenvalue weighted by Crippen LogP contribution is 2.37. The summed E-state index contributed by atoms with van der Waals surface area (Å²) in [5, 5.41) is 9.88. The monoisotopic (exact) mass is 229 g/mol. The lowest BCUT2D eigenvalue weighted by Crippen LogP contribution is -2.33. The lowest BCUT2D eigenvalue weighted by Gasteiger charge is -2.30. The topological polar surface area (TPSA) is 51.6 Å². The van der Waals surface area contributed by atoms with Crippen LogP contribution in [0.3, 0.4) is 0 Å². The summed E-state index contributed by atoms with van der Waals surface area (Å²) in [6, 6.07) is 12.7. The van der Waals surface area contributed by atoms with E-state index < -0.39 is 12.4 Å². The molecule has 2 unspecified atom stereocenters. The molecule has 3 rings (SSSR count). The predicted molar refractivity (Wildman–Crippen MR) is 60.7 cm³/mol. The van der Waals surface area contributed by atoms with Crippen molar-refractivity contribution in [3.8, 4) is 11.5 Å². The summed E-state index contributed by atoms with van der Waals surface area (Å²) in [6.45, 7) is 0. The molecule has 2 heterocycles. The van der Waals surface area contributed by atoms with E-state index in [0.29, 0.717) is 17.2 Å². The molecule has 0 radical (unpaired) electrons. The fourth-order valence-corrected chi connectivity index (χ4v) is 1.78. The zero-order chi connectivity index (χ0) is 11.7. The fraction of sp³-hybridized carbons (Fsp3) is 0.154. The Balaban J connectivity index is 1.95. The Morgan fingerprint density at radius 3 is 2.35 bits per heavy atom. The number of hydrogen-bond donors (Lipinski definition) is 1. The minimum absolute atomic E-state index is 0.548. The number of aliphatic hydroxyl groups is 1. The van der Waals surface area contributed by atoms with Gasteiger partial charge in [0.05, 0.1) is 5.69 Å². The van der Waals surface area contributed by atoms with Crippen LogP contribution in [0.4, 0.5) is 0 Å². The third kappa shape index (κ3) is 1.83. The second-order valence-electron chi connectivity index (χ2n) is 3.75. The van der Waals surface area contributed by atoms with E-state index in [2.05, 4.69) is 4.98 Å². The van der Waals surface area contributed by atoms with Gasteiger partial charge in [0.15, 0.2) is 11.5 Å². The van der Waals surface area contributed by atoms with Gasteiger partial charge in [-0.1, -0.05) is 18.2 Å². The first-order valence-corrected chi connectivity index (χ1v) is 5.36. The van der Waals surface area contributed by atoms with Gasteiger partial charge in [-0.25, -0.2) is 0 Å². The molecule has 4 nitrogen and oxygen atoms in total. The zero-order valence-corrected chi connectivity index (χ0v) is 8.98. The van der Waals surface area contributed by atoms with Crippen molar-refractivity contribution in [3.63, 3.8) is 0 Å². The molecule has 2 atom stereocenters. The molecule has 0 saturated heterocycles. The molecule has 0 fully saturated rings. The van der Waals surface area contributed by atoms with Gasteiger partial charge >= 0.3 is 0 Å². The Bertz CT molecular complexity index is 515. The van der Waals surface area contributed by atoms with Crippen LogP contribution in [-0.2, 0) is 0 Å². The van der Waals surface area contributed by atoms with Crippen LogP contribution in [0, 0.1) is 0 Å². The van der Waals surface area contributed by atoms with Crippen molar-refractivity contribution in [2.75, 3.05) is 0 Å². The summed E-state index contributed by atoms with van der Waals surface area (Å²) in [5.74, 6) is 1.17. The maximum atomic E-state index is 9.88. The van der Waals surface area contributed by atoms with Crippen LogP contribution in [0.1, 0.15) is 11.8 Å². The van der Waals surface area contributed by atoms with Gasteiger partial charge in [0.25, 0.3) is 0 Å². The van der Waals surface area contributed by atoms with Gasteiger partial charge in [-0.05, 0) is 24.3 Å². The number of hydrogen-bond acceptors (Lipinski definition) is 4. The number of benzene rings is 1. The normalized spacial score (nSPS) is 22.2.